The second-order valence-electron chi connectivity index (χ2n) is 3.41. The van der Waals surface area contributed by atoms with Crippen molar-refractivity contribution in [2.24, 2.45) is 0 Å². The van der Waals surface area contributed by atoms with Gasteiger partial charge in [0.15, 0.2) is 0 Å². The predicted octanol–water partition coefficient (Wildman–Crippen LogP) is 0.0299. The Morgan fingerprint density at radius 3 is 3.36 bits per heavy atom. The van der Waals surface area contributed by atoms with Crippen molar-refractivity contribution >= 4 is 11.6 Å². The highest BCUT2D eigenvalue weighted by molar-refractivity contribution is 5.54. The van der Waals surface area contributed by atoms with Crippen LogP contribution in [0.15, 0.2) is 6.33 Å². The largest absolute Gasteiger partial charge is 0.474 e. The van der Waals surface area contributed by atoms with Crippen LogP contribution in [0.5, 0.6) is 5.88 Å². The lowest BCUT2D eigenvalue weighted by molar-refractivity contribution is 0.246. The first-order valence-electron chi connectivity index (χ1n) is 4.40. The number of ether oxygens (including phenoxy) is 1. The molecule has 0 saturated carbocycles. The van der Waals surface area contributed by atoms with Crippen LogP contribution in [0.1, 0.15) is 12.5 Å². The van der Waals surface area contributed by atoms with Gasteiger partial charge in [-0.15, -0.1) is 10.2 Å². The van der Waals surface area contributed by atoms with Gasteiger partial charge in [0.1, 0.15) is 18.2 Å². The number of hydrogen-bond donors (Lipinski definition) is 1. The van der Waals surface area contributed by atoms with Gasteiger partial charge in [-0.2, -0.15) is 4.98 Å². The molecular weight excluding hydrogens is 182 g/mol. The molecule has 2 aromatic heterocycles. The molecule has 6 nitrogen and oxygen atoms in total. The molecule has 1 aliphatic rings. The standard InChI is InChI=1S/C8H9N5O/c1-4-2-5-6(9)13-3-10-12-8(13)11-7(5)14-4/h3-4H,2,9H2,1H3. The molecule has 0 aliphatic carbocycles. The molecule has 2 aromatic rings. The van der Waals surface area contributed by atoms with E-state index in [2.05, 4.69) is 15.2 Å². The summed E-state index contributed by atoms with van der Waals surface area (Å²) in [5.74, 6) is 1.70. The summed E-state index contributed by atoms with van der Waals surface area (Å²) in [7, 11) is 0. The molecule has 3 rings (SSSR count). The lowest BCUT2D eigenvalue weighted by Crippen LogP contribution is -2.06. The molecule has 3 heterocycles. The summed E-state index contributed by atoms with van der Waals surface area (Å²) in [6, 6.07) is 0. The number of nitrogens with zero attached hydrogens (tertiary/aromatic N) is 4. The van der Waals surface area contributed by atoms with Gasteiger partial charge in [0.05, 0.1) is 5.56 Å². The lowest BCUT2D eigenvalue weighted by atomic mass is 10.2. The van der Waals surface area contributed by atoms with E-state index in [0.29, 0.717) is 17.5 Å². The van der Waals surface area contributed by atoms with Gasteiger partial charge in [-0.05, 0) is 6.92 Å². The van der Waals surface area contributed by atoms with E-state index in [0.717, 1.165) is 12.0 Å². The van der Waals surface area contributed by atoms with Gasteiger partial charge in [-0.25, -0.2) is 0 Å². The van der Waals surface area contributed by atoms with Crippen molar-refractivity contribution in [3.63, 3.8) is 0 Å². The van der Waals surface area contributed by atoms with Gasteiger partial charge in [0.2, 0.25) is 5.88 Å². The van der Waals surface area contributed by atoms with E-state index in [1.165, 1.54) is 0 Å². The first-order valence-corrected chi connectivity index (χ1v) is 4.40. The molecule has 2 N–H and O–H groups in total. The topological polar surface area (TPSA) is 78.3 Å². The van der Waals surface area contributed by atoms with E-state index in [9.17, 15) is 0 Å². The Balaban J connectivity index is 2.35. The van der Waals surface area contributed by atoms with Gasteiger partial charge in [0.25, 0.3) is 5.78 Å². The van der Waals surface area contributed by atoms with Crippen molar-refractivity contribution in [2.75, 3.05) is 5.73 Å². The van der Waals surface area contributed by atoms with Gasteiger partial charge >= 0.3 is 0 Å². The van der Waals surface area contributed by atoms with Gasteiger partial charge < -0.3 is 10.5 Å². The minimum absolute atomic E-state index is 0.139. The fourth-order valence-corrected chi connectivity index (χ4v) is 1.70. The maximum Gasteiger partial charge on any atom is 0.259 e. The minimum atomic E-state index is 0.139. The number of rotatable bonds is 0. The zero-order valence-corrected chi connectivity index (χ0v) is 7.64. The van der Waals surface area contributed by atoms with Crippen molar-refractivity contribution in [1.82, 2.24) is 19.6 Å². The molecule has 1 atom stereocenters. The summed E-state index contributed by atoms with van der Waals surface area (Å²) in [5.41, 5.74) is 6.89. The van der Waals surface area contributed by atoms with Crippen LogP contribution in [0.4, 0.5) is 5.82 Å². The zero-order valence-electron chi connectivity index (χ0n) is 7.64. The van der Waals surface area contributed by atoms with Crippen LogP contribution in [0.25, 0.3) is 5.78 Å². The molecule has 0 saturated heterocycles. The summed E-state index contributed by atoms with van der Waals surface area (Å²) in [5, 5.41) is 7.56. The highest BCUT2D eigenvalue weighted by Gasteiger charge is 2.25. The Morgan fingerprint density at radius 2 is 2.50 bits per heavy atom. The number of hydrogen-bond acceptors (Lipinski definition) is 5. The third-order valence-electron chi connectivity index (χ3n) is 2.36. The second kappa shape index (κ2) is 2.34. The predicted molar refractivity (Wildman–Crippen MR) is 49.0 cm³/mol. The second-order valence-corrected chi connectivity index (χ2v) is 3.41. The monoisotopic (exact) mass is 191 g/mol. The zero-order chi connectivity index (χ0) is 9.71. The molecule has 14 heavy (non-hydrogen) atoms. The average Bonchev–Trinajstić information content (AvgIpc) is 2.71. The van der Waals surface area contributed by atoms with Crippen molar-refractivity contribution in [3.05, 3.63) is 11.9 Å². The van der Waals surface area contributed by atoms with Gasteiger partial charge in [-0.3, -0.25) is 4.40 Å². The molecule has 0 spiro atoms. The molecule has 6 heteroatoms. The fraction of sp³-hybridized carbons (Fsp3) is 0.375. The van der Waals surface area contributed by atoms with Crippen LogP contribution < -0.4 is 10.5 Å². The third kappa shape index (κ3) is 0.822. The van der Waals surface area contributed by atoms with E-state index >= 15 is 0 Å². The van der Waals surface area contributed by atoms with E-state index in [1.54, 1.807) is 10.7 Å². The van der Waals surface area contributed by atoms with Crippen LogP contribution in [0.2, 0.25) is 0 Å². The molecular formula is C8H9N5O. The molecule has 72 valence electrons. The molecule has 1 unspecified atom stereocenters. The summed E-state index contributed by atoms with van der Waals surface area (Å²) in [4.78, 5) is 4.21. The Kier molecular flexibility index (Phi) is 1.26. The van der Waals surface area contributed by atoms with Crippen LogP contribution in [0.3, 0.4) is 0 Å². The SMILES string of the molecule is CC1Cc2c(nc3nncn3c2N)O1. The first-order chi connectivity index (χ1) is 6.75. The maximum atomic E-state index is 5.94. The van der Waals surface area contributed by atoms with Crippen LogP contribution >= 0.6 is 0 Å². The maximum absolute atomic E-state index is 5.94. The van der Waals surface area contributed by atoms with Crippen molar-refractivity contribution in [1.29, 1.82) is 0 Å². The summed E-state index contributed by atoms with van der Waals surface area (Å²) in [6.07, 6.45) is 2.49. The van der Waals surface area contributed by atoms with Crippen LogP contribution in [0, 0.1) is 0 Å². The summed E-state index contributed by atoms with van der Waals surface area (Å²) in [6.45, 7) is 1.99. The molecule has 0 aromatic carbocycles. The normalized spacial score (nSPS) is 19.6. The highest BCUT2D eigenvalue weighted by atomic mass is 16.5. The van der Waals surface area contributed by atoms with Crippen molar-refractivity contribution < 1.29 is 4.74 Å². The molecule has 0 radical (unpaired) electrons. The van der Waals surface area contributed by atoms with Crippen LogP contribution in [-0.2, 0) is 6.42 Å². The molecule has 0 bridgehead atoms. The molecule has 0 fully saturated rings. The molecule has 0 amide bonds. The van der Waals surface area contributed by atoms with Gasteiger partial charge in [0, 0.05) is 6.42 Å². The Bertz CT molecular complexity index is 506. The Morgan fingerprint density at radius 1 is 1.64 bits per heavy atom. The lowest BCUT2D eigenvalue weighted by Gasteiger charge is -2.02. The van der Waals surface area contributed by atoms with Crippen molar-refractivity contribution in [2.45, 2.75) is 19.4 Å². The van der Waals surface area contributed by atoms with E-state index in [-0.39, 0.29) is 6.10 Å². The third-order valence-corrected chi connectivity index (χ3v) is 2.36. The number of nitrogen functional groups attached to an aromatic ring is 1. The minimum Gasteiger partial charge on any atom is -0.474 e. The van der Waals surface area contributed by atoms with E-state index in [1.807, 2.05) is 6.92 Å². The Labute approximate surface area is 79.7 Å². The van der Waals surface area contributed by atoms with E-state index < -0.39 is 0 Å². The van der Waals surface area contributed by atoms with Gasteiger partial charge in [-0.1, -0.05) is 0 Å². The summed E-state index contributed by atoms with van der Waals surface area (Å²) < 4.78 is 7.16. The fourth-order valence-electron chi connectivity index (χ4n) is 1.70. The summed E-state index contributed by atoms with van der Waals surface area (Å²) >= 11 is 0. The number of nitrogens with two attached hydrogens (primary N) is 1. The average molecular weight is 191 g/mol. The Hall–Kier alpha value is -1.85. The van der Waals surface area contributed by atoms with Crippen LogP contribution in [-0.4, -0.2) is 25.7 Å². The number of aromatic nitrogens is 4. The molecule has 1 aliphatic heterocycles. The number of anilines is 1. The first kappa shape index (κ1) is 7.54. The smallest absolute Gasteiger partial charge is 0.259 e. The highest BCUT2D eigenvalue weighted by Crippen LogP contribution is 2.31. The quantitative estimate of drug-likeness (QED) is 0.635. The van der Waals surface area contributed by atoms with Crippen molar-refractivity contribution in [3.8, 4) is 5.88 Å². The number of fused-ring (bicyclic) bond motifs is 2. The van der Waals surface area contributed by atoms with E-state index in [4.69, 9.17) is 10.5 Å².